The van der Waals surface area contributed by atoms with E-state index in [9.17, 15) is 4.39 Å². The van der Waals surface area contributed by atoms with Crippen LogP contribution in [0.25, 0.3) is 0 Å². The van der Waals surface area contributed by atoms with E-state index in [1.807, 2.05) is 6.07 Å². The van der Waals surface area contributed by atoms with E-state index in [1.165, 1.54) is 28.3 Å². The van der Waals surface area contributed by atoms with E-state index in [0.717, 1.165) is 10.6 Å². The molecule has 0 aliphatic rings. The molecule has 0 fully saturated rings. The molecule has 0 amide bonds. The Morgan fingerprint density at radius 3 is 2.35 bits per heavy atom. The maximum atomic E-state index is 13.1. The summed E-state index contributed by atoms with van der Waals surface area (Å²) in [6, 6.07) is 10.9. The highest BCUT2D eigenvalue weighted by Gasteiger charge is 2.13. The van der Waals surface area contributed by atoms with Gasteiger partial charge >= 0.3 is 0 Å². The number of rotatable bonds is 4. The number of thioether (sulfide) groups is 1. The van der Waals surface area contributed by atoms with Crippen LogP contribution in [-0.2, 0) is 0 Å². The van der Waals surface area contributed by atoms with Gasteiger partial charge in [-0.2, -0.15) is 0 Å². The van der Waals surface area contributed by atoms with Crippen LogP contribution < -0.4 is 5.73 Å². The highest BCUT2D eigenvalue weighted by atomic mass is 32.2. The number of halogens is 1. The van der Waals surface area contributed by atoms with Crippen LogP contribution in [0, 0.1) is 26.6 Å². The van der Waals surface area contributed by atoms with E-state index >= 15 is 0 Å². The van der Waals surface area contributed by atoms with Crippen LogP contribution in [0.2, 0.25) is 0 Å². The molecule has 20 heavy (non-hydrogen) atoms. The molecule has 2 aromatic rings. The standard InChI is InChI=1S/C17H20FNS/c1-11-7-12(2)17(13(3)8-11)16(19)10-20-15-6-4-5-14(18)9-15/h4-9,16H,10,19H2,1-3H3. The number of hydrogen-bond donors (Lipinski definition) is 1. The molecule has 0 saturated heterocycles. The van der Waals surface area contributed by atoms with Crippen molar-refractivity contribution in [2.45, 2.75) is 31.7 Å². The van der Waals surface area contributed by atoms with Crippen molar-refractivity contribution in [2.75, 3.05) is 5.75 Å². The molecule has 2 N–H and O–H groups in total. The van der Waals surface area contributed by atoms with Crippen molar-refractivity contribution in [3.63, 3.8) is 0 Å². The minimum atomic E-state index is -0.203. The molecule has 2 rings (SSSR count). The van der Waals surface area contributed by atoms with Gasteiger partial charge < -0.3 is 5.73 Å². The Morgan fingerprint density at radius 1 is 1.10 bits per heavy atom. The van der Waals surface area contributed by atoms with Gasteiger partial charge in [0, 0.05) is 16.7 Å². The monoisotopic (exact) mass is 289 g/mol. The zero-order valence-electron chi connectivity index (χ0n) is 12.1. The van der Waals surface area contributed by atoms with E-state index < -0.39 is 0 Å². The van der Waals surface area contributed by atoms with E-state index in [4.69, 9.17) is 5.73 Å². The van der Waals surface area contributed by atoms with Crippen LogP contribution in [0.5, 0.6) is 0 Å². The molecular weight excluding hydrogens is 269 g/mol. The zero-order valence-corrected chi connectivity index (χ0v) is 12.9. The molecule has 106 valence electrons. The molecule has 0 aliphatic carbocycles. The number of aryl methyl sites for hydroxylation is 3. The molecule has 0 aromatic heterocycles. The number of benzene rings is 2. The van der Waals surface area contributed by atoms with Crippen molar-refractivity contribution < 1.29 is 4.39 Å². The molecule has 0 aliphatic heterocycles. The predicted octanol–water partition coefficient (Wildman–Crippen LogP) is 4.54. The Hall–Kier alpha value is -1.32. The normalized spacial score (nSPS) is 12.4. The Balaban J connectivity index is 2.11. The molecule has 0 saturated carbocycles. The van der Waals surface area contributed by atoms with Crippen molar-refractivity contribution in [2.24, 2.45) is 5.73 Å². The van der Waals surface area contributed by atoms with Crippen LogP contribution in [0.3, 0.4) is 0 Å². The number of hydrogen-bond acceptors (Lipinski definition) is 2. The molecule has 3 heteroatoms. The first kappa shape index (κ1) is 15.1. The van der Waals surface area contributed by atoms with Gasteiger partial charge in [-0.3, -0.25) is 0 Å². The summed E-state index contributed by atoms with van der Waals surface area (Å²) in [6.07, 6.45) is 0. The fourth-order valence-corrected chi connectivity index (χ4v) is 3.51. The van der Waals surface area contributed by atoms with Crippen molar-refractivity contribution >= 4 is 11.8 Å². The van der Waals surface area contributed by atoms with Crippen LogP contribution in [-0.4, -0.2) is 5.75 Å². The second-order valence-corrected chi connectivity index (χ2v) is 6.28. The van der Waals surface area contributed by atoms with Crippen molar-refractivity contribution in [1.29, 1.82) is 0 Å². The first-order chi connectivity index (χ1) is 9.47. The van der Waals surface area contributed by atoms with Gasteiger partial charge in [0.15, 0.2) is 0 Å². The SMILES string of the molecule is Cc1cc(C)c(C(N)CSc2cccc(F)c2)c(C)c1. The van der Waals surface area contributed by atoms with Crippen molar-refractivity contribution in [3.05, 3.63) is 64.5 Å². The van der Waals surface area contributed by atoms with Gasteiger partial charge in [0.25, 0.3) is 0 Å². The lowest BCUT2D eigenvalue weighted by atomic mass is 9.95. The summed E-state index contributed by atoms with van der Waals surface area (Å²) >= 11 is 1.59. The summed E-state index contributed by atoms with van der Waals surface area (Å²) in [6.45, 7) is 6.29. The molecule has 1 unspecified atom stereocenters. The van der Waals surface area contributed by atoms with Gasteiger partial charge in [0.05, 0.1) is 0 Å². The average molecular weight is 289 g/mol. The maximum Gasteiger partial charge on any atom is 0.124 e. The Kier molecular flexibility index (Phi) is 4.84. The molecule has 0 bridgehead atoms. The van der Waals surface area contributed by atoms with Crippen molar-refractivity contribution in [3.8, 4) is 0 Å². The topological polar surface area (TPSA) is 26.0 Å². The third kappa shape index (κ3) is 3.62. The fourth-order valence-electron chi connectivity index (χ4n) is 2.60. The Morgan fingerprint density at radius 2 is 1.75 bits per heavy atom. The smallest absolute Gasteiger partial charge is 0.124 e. The van der Waals surface area contributed by atoms with Gasteiger partial charge in [0.2, 0.25) is 0 Å². The third-order valence-electron chi connectivity index (χ3n) is 3.33. The largest absolute Gasteiger partial charge is 0.323 e. The molecule has 0 spiro atoms. The minimum absolute atomic E-state index is 0.0381. The van der Waals surface area contributed by atoms with Crippen LogP contribution in [0.1, 0.15) is 28.3 Å². The first-order valence-electron chi connectivity index (χ1n) is 6.69. The van der Waals surface area contributed by atoms with E-state index in [-0.39, 0.29) is 11.9 Å². The molecule has 0 radical (unpaired) electrons. The lowest BCUT2D eigenvalue weighted by Crippen LogP contribution is -2.16. The molecule has 1 nitrogen and oxygen atoms in total. The van der Waals surface area contributed by atoms with Gasteiger partial charge in [0.1, 0.15) is 5.82 Å². The van der Waals surface area contributed by atoms with E-state index in [1.54, 1.807) is 23.9 Å². The highest BCUT2D eigenvalue weighted by Crippen LogP contribution is 2.28. The summed E-state index contributed by atoms with van der Waals surface area (Å²) in [5.41, 5.74) is 11.2. The van der Waals surface area contributed by atoms with Crippen LogP contribution in [0.15, 0.2) is 41.3 Å². The second kappa shape index (κ2) is 6.42. The van der Waals surface area contributed by atoms with Crippen molar-refractivity contribution in [1.82, 2.24) is 0 Å². The second-order valence-electron chi connectivity index (χ2n) is 5.19. The molecule has 0 heterocycles. The summed E-state index contributed by atoms with van der Waals surface area (Å²) in [5.74, 6) is 0.542. The van der Waals surface area contributed by atoms with Crippen LogP contribution in [0.4, 0.5) is 4.39 Å². The summed E-state index contributed by atoms with van der Waals surface area (Å²) < 4.78 is 13.1. The first-order valence-corrected chi connectivity index (χ1v) is 7.67. The van der Waals surface area contributed by atoms with Gasteiger partial charge in [-0.15, -0.1) is 11.8 Å². The maximum absolute atomic E-state index is 13.1. The quantitative estimate of drug-likeness (QED) is 0.836. The van der Waals surface area contributed by atoms with Gasteiger partial charge in [-0.05, 0) is 55.7 Å². The predicted molar refractivity (Wildman–Crippen MR) is 84.7 cm³/mol. The average Bonchev–Trinajstić information content (AvgIpc) is 2.35. The van der Waals surface area contributed by atoms with Gasteiger partial charge in [-0.25, -0.2) is 4.39 Å². The van der Waals surface area contributed by atoms with Crippen LogP contribution >= 0.6 is 11.8 Å². The molecular formula is C17H20FNS. The number of nitrogens with two attached hydrogens (primary N) is 1. The lowest BCUT2D eigenvalue weighted by Gasteiger charge is -2.18. The third-order valence-corrected chi connectivity index (χ3v) is 4.45. The zero-order chi connectivity index (χ0) is 14.7. The highest BCUT2D eigenvalue weighted by molar-refractivity contribution is 7.99. The minimum Gasteiger partial charge on any atom is -0.323 e. The van der Waals surface area contributed by atoms with E-state index in [2.05, 4.69) is 32.9 Å². The lowest BCUT2D eigenvalue weighted by molar-refractivity contribution is 0.624. The molecule has 1 atom stereocenters. The summed E-state index contributed by atoms with van der Waals surface area (Å²) in [5, 5.41) is 0. The summed E-state index contributed by atoms with van der Waals surface area (Å²) in [4.78, 5) is 0.919. The van der Waals surface area contributed by atoms with E-state index in [0.29, 0.717) is 0 Å². The summed E-state index contributed by atoms with van der Waals surface area (Å²) in [7, 11) is 0. The molecule has 2 aromatic carbocycles. The Labute approximate surface area is 124 Å². The van der Waals surface area contributed by atoms with Gasteiger partial charge in [-0.1, -0.05) is 23.8 Å². The fraction of sp³-hybridized carbons (Fsp3) is 0.294. The Bertz CT molecular complexity index is 587.